The second-order valence-corrected chi connectivity index (χ2v) is 7.52. The summed E-state index contributed by atoms with van der Waals surface area (Å²) in [6, 6.07) is 10.3. The van der Waals surface area contributed by atoms with Crippen molar-refractivity contribution in [3.8, 4) is 0 Å². The molecule has 0 aliphatic rings. The molecule has 0 saturated heterocycles. The maximum absolute atomic E-state index is 6.28. The van der Waals surface area contributed by atoms with E-state index in [2.05, 4.69) is 34.6 Å². The van der Waals surface area contributed by atoms with Crippen molar-refractivity contribution in [2.75, 3.05) is 12.4 Å². The average molecular weight is 417 g/mol. The van der Waals surface area contributed by atoms with Crippen LogP contribution in [0.3, 0.4) is 0 Å². The minimum Gasteiger partial charge on any atom is -0.346 e. The Labute approximate surface area is 176 Å². The number of nitrogens with zero attached hydrogens (tertiary/aromatic N) is 5. The Hall–Kier alpha value is -2.38. The van der Waals surface area contributed by atoms with Crippen molar-refractivity contribution in [2.24, 2.45) is 0 Å². The van der Waals surface area contributed by atoms with E-state index in [1.807, 2.05) is 53.4 Å². The first kappa shape index (κ1) is 20.4. The quantitative estimate of drug-likeness (QED) is 0.609. The van der Waals surface area contributed by atoms with Gasteiger partial charge in [-0.3, -0.25) is 9.36 Å². The number of nitrogens with one attached hydrogen (secondary N) is 1. The highest BCUT2D eigenvalue weighted by Gasteiger charge is 2.17. The van der Waals surface area contributed by atoms with Gasteiger partial charge < -0.3 is 10.2 Å². The fourth-order valence-electron chi connectivity index (χ4n) is 3.10. The standard InChI is InChI=1S/C20H25ClN6S/c1-5-26-18(17(21)11-22-26)13-25(4)20(28)23-19-14(2)24-27(15(19)3)12-16-9-7-6-8-10-16/h6-11H,5,12-13H2,1-4H3,(H,23,28). The third-order valence-electron chi connectivity index (χ3n) is 4.72. The van der Waals surface area contributed by atoms with Crippen molar-refractivity contribution in [3.63, 3.8) is 0 Å². The number of aromatic nitrogens is 4. The van der Waals surface area contributed by atoms with Crippen LogP contribution in [-0.4, -0.2) is 36.6 Å². The number of rotatable bonds is 6. The van der Waals surface area contributed by atoms with Gasteiger partial charge in [0.25, 0.3) is 0 Å². The van der Waals surface area contributed by atoms with Gasteiger partial charge in [-0.1, -0.05) is 41.9 Å². The average Bonchev–Trinajstić information content (AvgIpc) is 3.16. The highest BCUT2D eigenvalue weighted by atomic mass is 35.5. The van der Waals surface area contributed by atoms with Gasteiger partial charge in [-0.05, 0) is 38.6 Å². The van der Waals surface area contributed by atoms with Gasteiger partial charge in [0.15, 0.2) is 5.11 Å². The highest BCUT2D eigenvalue weighted by molar-refractivity contribution is 7.80. The Morgan fingerprint density at radius 2 is 1.93 bits per heavy atom. The Balaban J connectivity index is 1.72. The zero-order chi connectivity index (χ0) is 20.3. The van der Waals surface area contributed by atoms with Crippen LogP contribution >= 0.6 is 23.8 Å². The van der Waals surface area contributed by atoms with E-state index in [0.29, 0.717) is 16.7 Å². The van der Waals surface area contributed by atoms with Gasteiger partial charge in [0.2, 0.25) is 0 Å². The van der Waals surface area contributed by atoms with Gasteiger partial charge in [0.05, 0.1) is 47.1 Å². The first-order valence-electron chi connectivity index (χ1n) is 9.21. The molecule has 2 aromatic heterocycles. The number of hydrogen-bond acceptors (Lipinski definition) is 3. The van der Waals surface area contributed by atoms with E-state index in [4.69, 9.17) is 23.8 Å². The zero-order valence-electron chi connectivity index (χ0n) is 16.6. The van der Waals surface area contributed by atoms with Crippen molar-refractivity contribution in [2.45, 2.75) is 40.4 Å². The smallest absolute Gasteiger partial charge is 0.173 e. The SMILES string of the molecule is CCn1ncc(Cl)c1CN(C)C(=S)Nc1c(C)nn(Cc2ccccc2)c1C. The maximum atomic E-state index is 6.28. The molecule has 0 radical (unpaired) electrons. The fourth-order valence-corrected chi connectivity index (χ4v) is 3.47. The lowest BCUT2D eigenvalue weighted by Gasteiger charge is -2.22. The van der Waals surface area contributed by atoms with E-state index < -0.39 is 0 Å². The molecule has 0 atom stereocenters. The van der Waals surface area contributed by atoms with E-state index in [1.54, 1.807) is 6.20 Å². The molecule has 0 bridgehead atoms. The molecule has 0 spiro atoms. The van der Waals surface area contributed by atoms with Gasteiger partial charge in [0.1, 0.15) is 0 Å². The molecule has 6 nitrogen and oxygen atoms in total. The molecule has 2 heterocycles. The van der Waals surface area contributed by atoms with Gasteiger partial charge in [-0.15, -0.1) is 0 Å². The second-order valence-electron chi connectivity index (χ2n) is 6.73. The summed E-state index contributed by atoms with van der Waals surface area (Å²) in [6.45, 7) is 8.15. The lowest BCUT2D eigenvalue weighted by Crippen LogP contribution is -2.32. The van der Waals surface area contributed by atoms with E-state index in [-0.39, 0.29) is 0 Å². The first-order valence-corrected chi connectivity index (χ1v) is 9.99. The molecule has 3 aromatic rings. The zero-order valence-corrected chi connectivity index (χ0v) is 18.2. The Bertz CT molecular complexity index is 963. The van der Waals surface area contributed by atoms with Crippen molar-refractivity contribution in [1.82, 2.24) is 24.5 Å². The Kier molecular flexibility index (Phi) is 6.36. The number of benzene rings is 1. The van der Waals surface area contributed by atoms with Crippen LogP contribution in [0.2, 0.25) is 5.02 Å². The monoisotopic (exact) mass is 416 g/mol. The molecule has 0 aliphatic heterocycles. The molecule has 1 N–H and O–H groups in total. The van der Waals surface area contributed by atoms with Gasteiger partial charge in [-0.25, -0.2) is 0 Å². The maximum Gasteiger partial charge on any atom is 0.173 e. The minimum absolute atomic E-state index is 0.578. The number of aryl methyl sites for hydroxylation is 2. The summed E-state index contributed by atoms with van der Waals surface area (Å²) in [5, 5.41) is 13.6. The molecule has 0 saturated carbocycles. The Morgan fingerprint density at radius 1 is 1.21 bits per heavy atom. The number of anilines is 1. The predicted octanol–water partition coefficient (Wildman–Crippen LogP) is 4.25. The lowest BCUT2D eigenvalue weighted by atomic mass is 10.2. The van der Waals surface area contributed by atoms with Crippen LogP contribution in [0.5, 0.6) is 0 Å². The molecular formula is C20H25ClN6S. The molecule has 3 rings (SSSR count). The molecule has 0 fully saturated rings. The molecular weight excluding hydrogens is 392 g/mol. The van der Waals surface area contributed by atoms with Gasteiger partial charge in [-0.2, -0.15) is 10.2 Å². The summed E-state index contributed by atoms with van der Waals surface area (Å²) in [5.74, 6) is 0. The van der Waals surface area contributed by atoms with Crippen LogP contribution in [0.1, 0.15) is 29.6 Å². The topological polar surface area (TPSA) is 50.9 Å². The van der Waals surface area contributed by atoms with Crippen molar-refractivity contribution >= 4 is 34.6 Å². The highest BCUT2D eigenvalue weighted by Crippen LogP contribution is 2.22. The summed E-state index contributed by atoms with van der Waals surface area (Å²) < 4.78 is 3.88. The summed E-state index contributed by atoms with van der Waals surface area (Å²) in [7, 11) is 1.94. The third kappa shape index (κ3) is 4.36. The lowest BCUT2D eigenvalue weighted by molar-refractivity contribution is 0.471. The van der Waals surface area contributed by atoms with Crippen LogP contribution in [0, 0.1) is 13.8 Å². The normalized spacial score (nSPS) is 10.9. The van der Waals surface area contributed by atoms with Crippen LogP contribution < -0.4 is 5.32 Å². The van der Waals surface area contributed by atoms with Crippen LogP contribution in [0.25, 0.3) is 0 Å². The number of halogens is 1. The predicted molar refractivity (Wildman–Crippen MR) is 118 cm³/mol. The molecule has 8 heteroatoms. The van der Waals surface area contributed by atoms with Crippen LogP contribution in [-0.2, 0) is 19.6 Å². The van der Waals surface area contributed by atoms with Crippen molar-refractivity contribution in [1.29, 1.82) is 0 Å². The fraction of sp³-hybridized carbons (Fsp3) is 0.350. The molecule has 0 aliphatic carbocycles. The Morgan fingerprint density at radius 3 is 2.61 bits per heavy atom. The third-order valence-corrected chi connectivity index (χ3v) is 5.45. The first-order chi connectivity index (χ1) is 13.4. The van der Waals surface area contributed by atoms with Crippen LogP contribution in [0.15, 0.2) is 36.5 Å². The number of thiocarbonyl (C=S) groups is 1. The van der Waals surface area contributed by atoms with E-state index in [1.165, 1.54) is 5.56 Å². The van der Waals surface area contributed by atoms with Crippen LogP contribution in [0.4, 0.5) is 5.69 Å². The van der Waals surface area contributed by atoms with Crippen molar-refractivity contribution in [3.05, 3.63) is 64.2 Å². The van der Waals surface area contributed by atoms with E-state index >= 15 is 0 Å². The van der Waals surface area contributed by atoms with E-state index in [0.717, 1.165) is 35.9 Å². The molecule has 28 heavy (non-hydrogen) atoms. The molecule has 0 amide bonds. The minimum atomic E-state index is 0.578. The molecule has 0 unspecified atom stereocenters. The second kappa shape index (κ2) is 8.75. The summed E-state index contributed by atoms with van der Waals surface area (Å²) >= 11 is 11.9. The summed E-state index contributed by atoms with van der Waals surface area (Å²) in [5.41, 5.74) is 5.07. The summed E-state index contributed by atoms with van der Waals surface area (Å²) in [4.78, 5) is 1.96. The van der Waals surface area contributed by atoms with E-state index in [9.17, 15) is 0 Å². The summed E-state index contributed by atoms with van der Waals surface area (Å²) in [6.07, 6.45) is 1.67. The molecule has 1 aromatic carbocycles. The van der Waals surface area contributed by atoms with Gasteiger partial charge in [0, 0.05) is 13.6 Å². The number of hydrogen-bond donors (Lipinski definition) is 1. The van der Waals surface area contributed by atoms with Gasteiger partial charge >= 0.3 is 0 Å². The molecule has 148 valence electrons. The van der Waals surface area contributed by atoms with Crippen molar-refractivity contribution < 1.29 is 0 Å². The largest absolute Gasteiger partial charge is 0.346 e.